The van der Waals surface area contributed by atoms with Gasteiger partial charge >= 0.3 is 0 Å². The highest BCUT2D eigenvalue weighted by Crippen LogP contribution is 2.21. The fourth-order valence-corrected chi connectivity index (χ4v) is 2.38. The minimum atomic E-state index is 0.299. The van der Waals surface area contributed by atoms with E-state index in [2.05, 4.69) is 62.5 Å². The molecule has 0 aliphatic carbocycles. The fraction of sp³-hybridized carbons (Fsp3) is 0.294. The number of nitrogens with one attached hydrogen (secondary N) is 1. The van der Waals surface area contributed by atoms with E-state index in [1.807, 2.05) is 12.1 Å². The Kier molecular flexibility index (Phi) is 4.62. The van der Waals surface area contributed by atoms with E-state index in [9.17, 15) is 0 Å². The van der Waals surface area contributed by atoms with Gasteiger partial charge in [-0.1, -0.05) is 53.6 Å². The van der Waals surface area contributed by atoms with Crippen LogP contribution in [0.2, 0.25) is 5.02 Å². The number of hydrogen-bond donors (Lipinski definition) is 1. The first-order valence-corrected chi connectivity index (χ1v) is 7.02. The van der Waals surface area contributed by atoms with Crippen molar-refractivity contribution in [3.8, 4) is 0 Å². The molecule has 0 bridgehead atoms. The highest BCUT2D eigenvalue weighted by molar-refractivity contribution is 6.30. The molecule has 0 spiro atoms. The number of benzene rings is 2. The minimum Gasteiger partial charge on any atom is -0.304 e. The van der Waals surface area contributed by atoms with E-state index in [0.717, 1.165) is 5.02 Å². The summed E-state index contributed by atoms with van der Waals surface area (Å²) < 4.78 is 0. The van der Waals surface area contributed by atoms with E-state index >= 15 is 0 Å². The van der Waals surface area contributed by atoms with Crippen molar-refractivity contribution in [3.05, 3.63) is 70.2 Å². The molecular weight excluding hydrogens is 254 g/mol. The van der Waals surface area contributed by atoms with Gasteiger partial charge in [-0.3, -0.25) is 0 Å². The second-order valence-electron chi connectivity index (χ2n) is 5.08. The van der Waals surface area contributed by atoms with Crippen LogP contribution in [0.15, 0.2) is 48.5 Å². The lowest BCUT2D eigenvalue weighted by atomic mass is 10.0. The molecule has 0 amide bonds. The van der Waals surface area contributed by atoms with E-state index in [-0.39, 0.29) is 0 Å². The smallest absolute Gasteiger partial charge is 0.0406 e. The number of halogens is 1. The van der Waals surface area contributed by atoms with Gasteiger partial charge in [-0.2, -0.15) is 0 Å². The van der Waals surface area contributed by atoms with E-state index in [1.54, 1.807) is 0 Å². The molecule has 0 aliphatic rings. The van der Waals surface area contributed by atoms with Crippen molar-refractivity contribution >= 4 is 11.6 Å². The standard InChI is InChI=1S/C17H20ClN/c1-12-5-4-6-16(11-12)14(3)19-13(2)15-7-9-17(18)10-8-15/h4-11,13-14,19H,1-3H3/t13?,14-/m1/s1. The molecule has 0 aliphatic heterocycles. The predicted octanol–water partition coefficient (Wildman–Crippen LogP) is 5.06. The zero-order chi connectivity index (χ0) is 13.8. The van der Waals surface area contributed by atoms with Crippen molar-refractivity contribution in [2.45, 2.75) is 32.9 Å². The third-order valence-corrected chi connectivity index (χ3v) is 3.66. The Bertz CT molecular complexity index is 533. The van der Waals surface area contributed by atoms with Gasteiger partial charge < -0.3 is 5.32 Å². The molecule has 0 fully saturated rings. The number of rotatable bonds is 4. The lowest BCUT2D eigenvalue weighted by molar-refractivity contribution is 0.494. The average molecular weight is 274 g/mol. The molecule has 100 valence electrons. The molecule has 2 rings (SSSR count). The highest BCUT2D eigenvalue weighted by Gasteiger charge is 2.11. The van der Waals surface area contributed by atoms with Gasteiger partial charge in [-0.15, -0.1) is 0 Å². The van der Waals surface area contributed by atoms with Crippen molar-refractivity contribution in [1.82, 2.24) is 5.32 Å². The molecule has 0 saturated heterocycles. The summed E-state index contributed by atoms with van der Waals surface area (Å²) in [6, 6.07) is 17.3. The van der Waals surface area contributed by atoms with Crippen molar-refractivity contribution < 1.29 is 0 Å². The van der Waals surface area contributed by atoms with Gasteiger partial charge in [-0.05, 0) is 44.0 Å². The Morgan fingerprint density at radius 1 is 0.895 bits per heavy atom. The van der Waals surface area contributed by atoms with Gasteiger partial charge in [0.2, 0.25) is 0 Å². The van der Waals surface area contributed by atoms with Gasteiger partial charge in [0, 0.05) is 17.1 Å². The van der Waals surface area contributed by atoms with Gasteiger partial charge in [0.05, 0.1) is 0 Å². The zero-order valence-corrected chi connectivity index (χ0v) is 12.4. The molecule has 19 heavy (non-hydrogen) atoms. The summed E-state index contributed by atoms with van der Waals surface area (Å²) in [5.41, 5.74) is 3.87. The second-order valence-corrected chi connectivity index (χ2v) is 5.51. The maximum absolute atomic E-state index is 5.91. The maximum atomic E-state index is 5.91. The van der Waals surface area contributed by atoms with E-state index in [4.69, 9.17) is 11.6 Å². The molecule has 0 saturated carbocycles. The van der Waals surface area contributed by atoms with Crippen LogP contribution in [0.4, 0.5) is 0 Å². The summed E-state index contributed by atoms with van der Waals surface area (Å²) in [5, 5.41) is 4.40. The first-order valence-electron chi connectivity index (χ1n) is 6.64. The molecule has 1 N–H and O–H groups in total. The Hall–Kier alpha value is -1.31. The SMILES string of the molecule is Cc1cccc([C@@H](C)NC(C)c2ccc(Cl)cc2)c1. The zero-order valence-electron chi connectivity index (χ0n) is 11.7. The van der Waals surface area contributed by atoms with Crippen LogP contribution in [0.5, 0.6) is 0 Å². The number of aryl methyl sites for hydroxylation is 1. The fourth-order valence-electron chi connectivity index (χ4n) is 2.26. The molecule has 0 radical (unpaired) electrons. The first kappa shape index (κ1) is 14.1. The van der Waals surface area contributed by atoms with Crippen LogP contribution in [0.1, 0.15) is 42.6 Å². The van der Waals surface area contributed by atoms with Crippen LogP contribution < -0.4 is 5.32 Å². The average Bonchev–Trinajstić information content (AvgIpc) is 2.39. The monoisotopic (exact) mass is 273 g/mol. The summed E-state index contributed by atoms with van der Waals surface area (Å²) in [6.45, 7) is 6.50. The van der Waals surface area contributed by atoms with Gasteiger partial charge in [0.25, 0.3) is 0 Å². The van der Waals surface area contributed by atoms with Crippen LogP contribution in [0.25, 0.3) is 0 Å². The second kappa shape index (κ2) is 6.23. The topological polar surface area (TPSA) is 12.0 Å². The Morgan fingerprint density at radius 3 is 2.16 bits per heavy atom. The van der Waals surface area contributed by atoms with Gasteiger partial charge in [0.15, 0.2) is 0 Å². The summed E-state index contributed by atoms with van der Waals surface area (Å²) in [4.78, 5) is 0. The molecule has 0 heterocycles. The number of hydrogen-bond acceptors (Lipinski definition) is 1. The summed E-state index contributed by atoms with van der Waals surface area (Å²) in [6.07, 6.45) is 0. The first-order chi connectivity index (χ1) is 9.06. The normalized spacial score (nSPS) is 14.1. The molecule has 2 aromatic rings. The van der Waals surface area contributed by atoms with E-state index < -0.39 is 0 Å². The minimum absolute atomic E-state index is 0.299. The van der Waals surface area contributed by atoms with E-state index in [1.165, 1.54) is 16.7 Å². The Morgan fingerprint density at radius 2 is 1.53 bits per heavy atom. The lowest BCUT2D eigenvalue weighted by Crippen LogP contribution is -2.22. The molecular formula is C17H20ClN. The maximum Gasteiger partial charge on any atom is 0.0406 e. The van der Waals surface area contributed by atoms with Crippen molar-refractivity contribution in [3.63, 3.8) is 0 Å². The van der Waals surface area contributed by atoms with Gasteiger partial charge in [0.1, 0.15) is 0 Å². The van der Waals surface area contributed by atoms with E-state index in [0.29, 0.717) is 12.1 Å². The van der Waals surface area contributed by atoms with Crippen LogP contribution in [-0.2, 0) is 0 Å². The van der Waals surface area contributed by atoms with Crippen LogP contribution in [0, 0.1) is 6.92 Å². The molecule has 2 aromatic carbocycles. The summed E-state index contributed by atoms with van der Waals surface area (Å²) in [5.74, 6) is 0. The van der Waals surface area contributed by atoms with Crippen LogP contribution in [0.3, 0.4) is 0 Å². The van der Waals surface area contributed by atoms with Gasteiger partial charge in [-0.25, -0.2) is 0 Å². The van der Waals surface area contributed by atoms with Crippen molar-refractivity contribution in [2.75, 3.05) is 0 Å². The molecule has 0 aromatic heterocycles. The predicted molar refractivity (Wildman–Crippen MR) is 82.6 cm³/mol. The summed E-state index contributed by atoms with van der Waals surface area (Å²) >= 11 is 5.91. The largest absolute Gasteiger partial charge is 0.304 e. The third-order valence-electron chi connectivity index (χ3n) is 3.41. The summed E-state index contributed by atoms with van der Waals surface area (Å²) in [7, 11) is 0. The molecule has 1 nitrogen and oxygen atoms in total. The molecule has 1 unspecified atom stereocenters. The molecule has 2 heteroatoms. The third kappa shape index (κ3) is 3.82. The van der Waals surface area contributed by atoms with Crippen LogP contribution in [-0.4, -0.2) is 0 Å². The lowest BCUT2D eigenvalue weighted by Gasteiger charge is -2.21. The molecule has 2 atom stereocenters. The van der Waals surface area contributed by atoms with Crippen molar-refractivity contribution in [1.29, 1.82) is 0 Å². The van der Waals surface area contributed by atoms with Crippen molar-refractivity contribution in [2.24, 2.45) is 0 Å². The quantitative estimate of drug-likeness (QED) is 0.821. The highest BCUT2D eigenvalue weighted by atomic mass is 35.5. The van der Waals surface area contributed by atoms with Crippen LogP contribution >= 0.6 is 11.6 Å². The Balaban J connectivity index is 2.06. The Labute approximate surface area is 120 Å².